The third-order valence-electron chi connectivity index (χ3n) is 3.31. The van der Waals surface area contributed by atoms with Crippen LogP contribution in [0.2, 0.25) is 0 Å². The molecule has 5 nitrogen and oxygen atoms in total. The van der Waals surface area contributed by atoms with Gasteiger partial charge in [-0.15, -0.1) is 15.3 Å². The Bertz CT molecular complexity index is 733. The van der Waals surface area contributed by atoms with Gasteiger partial charge in [0.15, 0.2) is 11.5 Å². The molecule has 0 unspecified atom stereocenters. The van der Waals surface area contributed by atoms with E-state index in [4.69, 9.17) is 0 Å². The standard InChI is InChI=1S/C16H19N5/c1-12(2)11-20(3)15-10-9-14-17-18-16(21(14)19-15)13-7-5-4-6-8-13/h4-10,12H,11H2,1-3H3. The monoisotopic (exact) mass is 281 g/mol. The van der Waals surface area contributed by atoms with Gasteiger partial charge in [0.1, 0.15) is 5.82 Å². The molecule has 0 aliphatic rings. The molecule has 2 heterocycles. The summed E-state index contributed by atoms with van der Waals surface area (Å²) in [6.07, 6.45) is 0. The summed E-state index contributed by atoms with van der Waals surface area (Å²) >= 11 is 0. The number of aromatic nitrogens is 4. The number of benzene rings is 1. The molecule has 1 aromatic carbocycles. The highest BCUT2D eigenvalue weighted by Gasteiger charge is 2.11. The van der Waals surface area contributed by atoms with Crippen molar-refractivity contribution in [1.29, 1.82) is 0 Å². The zero-order valence-corrected chi connectivity index (χ0v) is 12.6. The van der Waals surface area contributed by atoms with Gasteiger partial charge >= 0.3 is 0 Å². The molecular weight excluding hydrogens is 262 g/mol. The number of anilines is 1. The van der Waals surface area contributed by atoms with Gasteiger partial charge < -0.3 is 4.90 Å². The van der Waals surface area contributed by atoms with E-state index in [-0.39, 0.29) is 0 Å². The minimum atomic E-state index is 0.585. The Morgan fingerprint density at radius 2 is 1.81 bits per heavy atom. The molecular formula is C16H19N5. The Labute approximate surface area is 124 Å². The van der Waals surface area contributed by atoms with Crippen LogP contribution in [0.15, 0.2) is 42.5 Å². The van der Waals surface area contributed by atoms with Gasteiger partial charge in [-0.2, -0.15) is 4.52 Å². The van der Waals surface area contributed by atoms with Crippen LogP contribution in [-0.2, 0) is 0 Å². The SMILES string of the molecule is CC(C)CN(C)c1ccc2nnc(-c3ccccc3)n2n1. The first-order valence-corrected chi connectivity index (χ1v) is 7.14. The van der Waals surface area contributed by atoms with Gasteiger partial charge in [-0.3, -0.25) is 0 Å². The molecule has 0 atom stereocenters. The highest BCUT2D eigenvalue weighted by atomic mass is 15.4. The largest absolute Gasteiger partial charge is 0.358 e. The molecule has 5 heteroatoms. The lowest BCUT2D eigenvalue weighted by Crippen LogP contribution is -2.24. The minimum Gasteiger partial charge on any atom is -0.358 e. The van der Waals surface area contributed by atoms with Crippen LogP contribution >= 0.6 is 0 Å². The van der Waals surface area contributed by atoms with Crippen molar-refractivity contribution >= 4 is 11.5 Å². The second-order valence-corrected chi connectivity index (χ2v) is 5.63. The number of hydrogen-bond donors (Lipinski definition) is 0. The summed E-state index contributed by atoms with van der Waals surface area (Å²) in [5, 5.41) is 13.1. The summed E-state index contributed by atoms with van der Waals surface area (Å²) in [4.78, 5) is 2.15. The normalized spacial score (nSPS) is 11.2. The summed E-state index contributed by atoms with van der Waals surface area (Å²) in [6.45, 7) is 5.35. The van der Waals surface area contributed by atoms with Crippen molar-refractivity contribution in [3.8, 4) is 11.4 Å². The Morgan fingerprint density at radius 1 is 1.05 bits per heavy atom. The first kappa shape index (κ1) is 13.5. The maximum atomic E-state index is 4.68. The highest BCUT2D eigenvalue weighted by Crippen LogP contribution is 2.19. The number of fused-ring (bicyclic) bond motifs is 1. The van der Waals surface area contributed by atoms with E-state index in [0.717, 1.165) is 29.4 Å². The average molecular weight is 281 g/mol. The van der Waals surface area contributed by atoms with Crippen LogP contribution in [0.5, 0.6) is 0 Å². The Balaban J connectivity index is 2.04. The summed E-state index contributed by atoms with van der Waals surface area (Å²) in [5.74, 6) is 2.28. The van der Waals surface area contributed by atoms with Gasteiger partial charge in [-0.05, 0) is 18.1 Å². The van der Waals surface area contributed by atoms with E-state index < -0.39 is 0 Å². The van der Waals surface area contributed by atoms with Crippen molar-refractivity contribution in [1.82, 2.24) is 19.8 Å². The smallest absolute Gasteiger partial charge is 0.185 e. The van der Waals surface area contributed by atoms with Crippen LogP contribution < -0.4 is 4.90 Å². The average Bonchev–Trinajstić information content (AvgIpc) is 2.90. The van der Waals surface area contributed by atoms with Gasteiger partial charge in [0.2, 0.25) is 0 Å². The zero-order valence-electron chi connectivity index (χ0n) is 12.6. The van der Waals surface area contributed by atoms with Crippen LogP contribution in [0.4, 0.5) is 5.82 Å². The topological polar surface area (TPSA) is 46.3 Å². The van der Waals surface area contributed by atoms with Crippen molar-refractivity contribution in [2.24, 2.45) is 5.92 Å². The summed E-state index contributed by atoms with van der Waals surface area (Å²) in [7, 11) is 2.06. The Kier molecular flexibility index (Phi) is 3.56. The van der Waals surface area contributed by atoms with Crippen molar-refractivity contribution < 1.29 is 0 Å². The molecule has 0 aliphatic heterocycles. The fourth-order valence-electron chi connectivity index (χ4n) is 2.39. The van der Waals surface area contributed by atoms with Crippen LogP contribution in [0.3, 0.4) is 0 Å². The molecule has 3 aromatic rings. The van der Waals surface area contributed by atoms with Crippen LogP contribution in [-0.4, -0.2) is 33.4 Å². The lowest BCUT2D eigenvalue weighted by atomic mass is 10.2. The predicted octanol–water partition coefficient (Wildman–Crippen LogP) is 2.88. The lowest BCUT2D eigenvalue weighted by molar-refractivity contribution is 0.631. The van der Waals surface area contributed by atoms with E-state index >= 15 is 0 Å². The molecule has 0 saturated heterocycles. The summed E-state index contributed by atoms with van der Waals surface area (Å²) < 4.78 is 1.81. The van der Waals surface area contributed by atoms with Crippen molar-refractivity contribution in [3.05, 3.63) is 42.5 Å². The van der Waals surface area contributed by atoms with Gasteiger partial charge in [0, 0.05) is 19.2 Å². The second-order valence-electron chi connectivity index (χ2n) is 5.63. The van der Waals surface area contributed by atoms with E-state index in [1.54, 1.807) is 0 Å². The van der Waals surface area contributed by atoms with Crippen LogP contribution in [0.1, 0.15) is 13.8 Å². The lowest BCUT2D eigenvalue weighted by Gasteiger charge is -2.20. The molecule has 0 saturated carbocycles. The van der Waals surface area contributed by atoms with E-state index in [9.17, 15) is 0 Å². The number of nitrogens with zero attached hydrogens (tertiary/aromatic N) is 5. The first-order chi connectivity index (χ1) is 10.1. The molecule has 2 aromatic heterocycles. The number of hydrogen-bond acceptors (Lipinski definition) is 4. The van der Waals surface area contributed by atoms with Crippen molar-refractivity contribution in [2.75, 3.05) is 18.5 Å². The summed E-state index contributed by atoms with van der Waals surface area (Å²) in [5.41, 5.74) is 1.77. The van der Waals surface area contributed by atoms with Gasteiger partial charge in [0.05, 0.1) is 0 Å². The van der Waals surface area contributed by atoms with Crippen molar-refractivity contribution in [3.63, 3.8) is 0 Å². The molecule has 3 rings (SSSR count). The Hall–Kier alpha value is -2.43. The molecule has 0 N–H and O–H groups in total. The van der Waals surface area contributed by atoms with E-state index in [1.807, 2.05) is 47.0 Å². The third-order valence-corrected chi connectivity index (χ3v) is 3.31. The number of rotatable bonds is 4. The van der Waals surface area contributed by atoms with E-state index in [2.05, 4.69) is 41.1 Å². The molecule has 21 heavy (non-hydrogen) atoms. The van der Waals surface area contributed by atoms with E-state index in [1.165, 1.54) is 0 Å². The highest BCUT2D eigenvalue weighted by molar-refractivity contribution is 5.59. The summed E-state index contributed by atoms with van der Waals surface area (Å²) in [6, 6.07) is 13.9. The minimum absolute atomic E-state index is 0.585. The molecule has 0 aliphatic carbocycles. The van der Waals surface area contributed by atoms with E-state index in [0.29, 0.717) is 5.92 Å². The maximum absolute atomic E-state index is 4.68. The first-order valence-electron chi connectivity index (χ1n) is 7.14. The van der Waals surface area contributed by atoms with Crippen molar-refractivity contribution in [2.45, 2.75) is 13.8 Å². The Morgan fingerprint density at radius 3 is 2.52 bits per heavy atom. The predicted molar refractivity (Wildman–Crippen MR) is 84.3 cm³/mol. The van der Waals surface area contributed by atoms with Gasteiger partial charge in [0.25, 0.3) is 0 Å². The van der Waals surface area contributed by atoms with Crippen LogP contribution in [0, 0.1) is 5.92 Å². The molecule has 0 bridgehead atoms. The molecule has 0 spiro atoms. The third kappa shape index (κ3) is 2.72. The molecule has 0 fully saturated rings. The van der Waals surface area contributed by atoms with Gasteiger partial charge in [-0.25, -0.2) is 0 Å². The fourth-order valence-corrected chi connectivity index (χ4v) is 2.39. The quantitative estimate of drug-likeness (QED) is 0.737. The fraction of sp³-hybridized carbons (Fsp3) is 0.312. The maximum Gasteiger partial charge on any atom is 0.185 e. The molecule has 0 amide bonds. The molecule has 108 valence electrons. The second kappa shape index (κ2) is 5.52. The van der Waals surface area contributed by atoms with Crippen LogP contribution in [0.25, 0.3) is 17.0 Å². The molecule has 0 radical (unpaired) electrons. The zero-order chi connectivity index (χ0) is 14.8. The van der Waals surface area contributed by atoms with Gasteiger partial charge in [-0.1, -0.05) is 44.2 Å².